The van der Waals surface area contributed by atoms with Crippen LogP contribution in [-0.4, -0.2) is 26.6 Å². The first-order valence-corrected chi connectivity index (χ1v) is 9.92. The van der Waals surface area contributed by atoms with Crippen molar-refractivity contribution < 1.29 is 9.29 Å². The Morgan fingerprint density at radius 3 is 2.67 bits per heavy atom. The summed E-state index contributed by atoms with van der Waals surface area (Å²) in [7, 11) is 0. The summed E-state index contributed by atoms with van der Waals surface area (Å²) in [5.41, 5.74) is 2.01. The second kappa shape index (κ2) is 9.03. The van der Waals surface area contributed by atoms with Crippen LogP contribution in [0, 0.1) is 17.2 Å². The topological polar surface area (TPSA) is 81.3 Å². The fourth-order valence-corrected chi connectivity index (χ4v) is 2.80. The van der Waals surface area contributed by atoms with Gasteiger partial charge in [0, 0.05) is 17.3 Å². The Kier molecular flexibility index (Phi) is 7.00. The molecule has 0 aliphatic rings. The predicted octanol–water partition coefficient (Wildman–Crippen LogP) is 4.29. The van der Waals surface area contributed by atoms with E-state index in [-0.39, 0.29) is 5.69 Å². The minimum absolute atomic E-state index is 0.246. The SMILES string of the molecule is CC(C)COc1cccc(/C(=N\[S+]([O-])C(C)(C)C)c2cccnc2C#N)c1. The van der Waals surface area contributed by atoms with Crippen LogP contribution in [0.5, 0.6) is 5.75 Å². The highest BCUT2D eigenvalue weighted by Gasteiger charge is 2.28. The number of benzene rings is 1. The molecule has 6 heteroatoms. The van der Waals surface area contributed by atoms with E-state index in [9.17, 15) is 9.81 Å². The van der Waals surface area contributed by atoms with Crippen molar-refractivity contribution in [3.63, 3.8) is 0 Å². The van der Waals surface area contributed by atoms with Crippen molar-refractivity contribution in [2.24, 2.45) is 10.3 Å². The highest BCUT2D eigenvalue weighted by Crippen LogP contribution is 2.24. The van der Waals surface area contributed by atoms with Crippen molar-refractivity contribution in [1.29, 1.82) is 5.26 Å². The highest BCUT2D eigenvalue weighted by molar-refractivity contribution is 7.91. The van der Waals surface area contributed by atoms with Crippen LogP contribution in [0.25, 0.3) is 0 Å². The first kappa shape index (κ1) is 20.9. The average Bonchev–Trinajstić information content (AvgIpc) is 2.63. The van der Waals surface area contributed by atoms with Crippen LogP contribution in [0.15, 0.2) is 47.0 Å². The van der Waals surface area contributed by atoms with Gasteiger partial charge in [0.25, 0.3) is 0 Å². The lowest BCUT2D eigenvalue weighted by atomic mass is 10.0. The Hall–Kier alpha value is -2.36. The summed E-state index contributed by atoms with van der Waals surface area (Å²) < 4.78 is 22.5. The van der Waals surface area contributed by atoms with Crippen molar-refractivity contribution in [1.82, 2.24) is 4.98 Å². The lowest BCUT2D eigenvalue weighted by Crippen LogP contribution is -2.27. The van der Waals surface area contributed by atoms with Gasteiger partial charge in [-0.1, -0.05) is 30.4 Å². The number of rotatable bonds is 6. The molecule has 1 heterocycles. The van der Waals surface area contributed by atoms with Crippen LogP contribution in [0.2, 0.25) is 0 Å². The maximum absolute atomic E-state index is 12.7. The molecule has 0 radical (unpaired) electrons. The molecule has 5 nitrogen and oxygen atoms in total. The Balaban J connectivity index is 2.56. The van der Waals surface area contributed by atoms with E-state index in [1.807, 2.05) is 45.0 Å². The second-order valence-electron chi connectivity index (χ2n) is 7.55. The van der Waals surface area contributed by atoms with E-state index in [1.165, 1.54) is 0 Å². The van der Waals surface area contributed by atoms with E-state index in [1.54, 1.807) is 18.3 Å². The van der Waals surface area contributed by atoms with Crippen LogP contribution in [-0.2, 0) is 11.4 Å². The van der Waals surface area contributed by atoms with Crippen molar-refractivity contribution in [3.8, 4) is 11.8 Å². The Morgan fingerprint density at radius 2 is 2.04 bits per heavy atom. The van der Waals surface area contributed by atoms with E-state index in [0.717, 1.165) is 5.56 Å². The van der Waals surface area contributed by atoms with Crippen molar-refractivity contribution in [3.05, 3.63) is 59.4 Å². The largest absolute Gasteiger partial charge is 0.591 e. The molecular formula is C21H25N3O2S. The molecule has 27 heavy (non-hydrogen) atoms. The molecule has 0 bridgehead atoms. The normalized spacial score (nSPS) is 13.3. The molecule has 2 rings (SSSR count). The molecule has 0 amide bonds. The van der Waals surface area contributed by atoms with E-state index in [0.29, 0.717) is 29.5 Å². The van der Waals surface area contributed by atoms with Crippen LogP contribution >= 0.6 is 0 Å². The summed E-state index contributed by atoms with van der Waals surface area (Å²) in [6.07, 6.45) is 1.56. The van der Waals surface area contributed by atoms with Gasteiger partial charge in [-0.25, -0.2) is 4.98 Å². The zero-order valence-corrected chi connectivity index (χ0v) is 17.2. The van der Waals surface area contributed by atoms with Gasteiger partial charge in [0.1, 0.15) is 39.3 Å². The zero-order chi connectivity index (χ0) is 20.0. The van der Waals surface area contributed by atoms with Crippen LogP contribution in [0.3, 0.4) is 0 Å². The minimum Gasteiger partial charge on any atom is -0.591 e. The molecule has 0 N–H and O–H groups in total. The van der Waals surface area contributed by atoms with E-state index >= 15 is 0 Å². The smallest absolute Gasteiger partial charge is 0.150 e. The maximum atomic E-state index is 12.7. The van der Waals surface area contributed by atoms with Gasteiger partial charge in [0.2, 0.25) is 0 Å². The molecule has 1 aromatic carbocycles. The van der Waals surface area contributed by atoms with Crippen LogP contribution in [0.4, 0.5) is 0 Å². The summed E-state index contributed by atoms with van der Waals surface area (Å²) >= 11 is -1.49. The molecule has 0 spiro atoms. The first-order valence-electron chi connectivity index (χ1n) is 8.81. The lowest BCUT2D eigenvalue weighted by Gasteiger charge is -2.20. The summed E-state index contributed by atoms with van der Waals surface area (Å²) in [6.45, 7) is 10.3. The molecule has 142 valence electrons. The van der Waals surface area contributed by atoms with Gasteiger partial charge in [0.15, 0.2) is 0 Å². The predicted molar refractivity (Wildman–Crippen MR) is 109 cm³/mol. The van der Waals surface area contributed by atoms with Gasteiger partial charge in [-0.3, -0.25) is 0 Å². The fraction of sp³-hybridized carbons (Fsp3) is 0.381. The molecular weight excluding hydrogens is 358 g/mol. The average molecular weight is 384 g/mol. The Morgan fingerprint density at radius 1 is 1.30 bits per heavy atom. The molecule has 1 unspecified atom stereocenters. The number of aromatic nitrogens is 1. The van der Waals surface area contributed by atoms with Crippen LogP contribution in [0.1, 0.15) is 51.4 Å². The van der Waals surface area contributed by atoms with E-state index < -0.39 is 16.1 Å². The Labute approximate surface area is 164 Å². The quantitative estimate of drug-likeness (QED) is 0.550. The lowest BCUT2D eigenvalue weighted by molar-refractivity contribution is 0.271. The molecule has 0 aliphatic heterocycles. The fourth-order valence-electron chi connectivity index (χ4n) is 2.16. The second-order valence-corrected chi connectivity index (χ2v) is 9.45. The molecule has 0 saturated heterocycles. The van der Waals surface area contributed by atoms with Crippen LogP contribution < -0.4 is 4.74 Å². The standard InChI is InChI=1S/C21H25N3O2S/c1-15(2)14-26-17-9-6-8-16(12-17)20(24-27(25)21(3,4)5)18-10-7-11-23-19(18)13-22/h6-12,15H,14H2,1-5H3/b24-20+. The van der Waals surface area contributed by atoms with Gasteiger partial charge in [-0.2, -0.15) is 5.26 Å². The van der Waals surface area contributed by atoms with Gasteiger partial charge >= 0.3 is 0 Å². The highest BCUT2D eigenvalue weighted by atomic mass is 32.2. The number of ether oxygens (including phenoxy) is 1. The first-order chi connectivity index (χ1) is 12.7. The maximum Gasteiger partial charge on any atom is 0.150 e. The van der Waals surface area contributed by atoms with Gasteiger partial charge in [-0.05, 0) is 51.0 Å². The summed E-state index contributed by atoms with van der Waals surface area (Å²) in [4.78, 5) is 4.12. The van der Waals surface area contributed by atoms with Gasteiger partial charge < -0.3 is 9.29 Å². The summed E-state index contributed by atoms with van der Waals surface area (Å²) in [5.74, 6) is 1.11. The third-order valence-corrected chi connectivity index (χ3v) is 4.95. The van der Waals surface area contributed by atoms with Crippen molar-refractivity contribution >= 4 is 17.1 Å². The number of hydrogen-bond acceptors (Lipinski definition) is 5. The van der Waals surface area contributed by atoms with Gasteiger partial charge in [0.05, 0.1) is 6.61 Å². The number of nitrogens with zero attached hydrogens (tertiary/aromatic N) is 3. The number of hydrogen-bond donors (Lipinski definition) is 0. The number of nitriles is 1. The minimum atomic E-state index is -1.49. The van der Waals surface area contributed by atoms with Crippen molar-refractivity contribution in [2.75, 3.05) is 6.61 Å². The summed E-state index contributed by atoms with van der Waals surface area (Å²) in [6, 6.07) is 13.1. The molecule has 1 aromatic heterocycles. The number of pyridine rings is 1. The molecule has 0 fully saturated rings. The molecule has 0 saturated carbocycles. The third-order valence-electron chi connectivity index (χ3n) is 3.56. The van der Waals surface area contributed by atoms with Crippen molar-refractivity contribution in [2.45, 2.75) is 39.4 Å². The van der Waals surface area contributed by atoms with E-state index in [4.69, 9.17) is 4.74 Å². The summed E-state index contributed by atoms with van der Waals surface area (Å²) in [5, 5.41) is 9.44. The Bertz CT molecular complexity index is 851. The molecule has 2 aromatic rings. The monoisotopic (exact) mass is 383 g/mol. The zero-order valence-electron chi connectivity index (χ0n) is 16.4. The van der Waals surface area contributed by atoms with E-state index in [2.05, 4.69) is 29.3 Å². The molecule has 1 atom stereocenters. The van der Waals surface area contributed by atoms with Gasteiger partial charge in [-0.15, -0.1) is 0 Å². The third kappa shape index (κ3) is 5.81. The molecule has 0 aliphatic carbocycles.